The number of halogens is 2. The fourth-order valence-corrected chi connectivity index (χ4v) is 2.78. The van der Waals surface area contributed by atoms with Gasteiger partial charge in [0.15, 0.2) is 5.82 Å². The summed E-state index contributed by atoms with van der Waals surface area (Å²) in [7, 11) is 0. The zero-order valence-corrected chi connectivity index (χ0v) is 17.8. The van der Waals surface area contributed by atoms with E-state index >= 15 is 0 Å². The van der Waals surface area contributed by atoms with Crippen LogP contribution in [0.3, 0.4) is 0 Å². The number of hydrogen-bond acceptors (Lipinski definition) is 4. The summed E-state index contributed by atoms with van der Waals surface area (Å²) in [5.74, 6) is -1.51. The Bertz CT molecular complexity index is 1130. The van der Waals surface area contributed by atoms with E-state index in [9.17, 15) is 8.78 Å². The zero-order chi connectivity index (χ0) is 19.7. The Morgan fingerprint density at radius 2 is 1.83 bits per heavy atom. The van der Waals surface area contributed by atoms with Gasteiger partial charge in [-0.1, -0.05) is 12.1 Å². The number of rotatable bonds is 4. The molecule has 4 aromatic rings. The van der Waals surface area contributed by atoms with E-state index < -0.39 is 17.3 Å². The fourth-order valence-electron chi connectivity index (χ4n) is 2.78. The first-order valence-electron chi connectivity index (χ1n) is 8.56. The molecule has 0 atom stereocenters. The largest absolute Gasteiger partial charge is 2.00 e. The van der Waals surface area contributed by atoms with Crippen LogP contribution >= 0.6 is 0 Å². The number of benzene rings is 1. The summed E-state index contributed by atoms with van der Waals surface area (Å²) in [4.78, 5) is 12.2. The molecule has 0 bridgehead atoms. The molecule has 0 saturated carbocycles. The van der Waals surface area contributed by atoms with Crippen LogP contribution in [0, 0.1) is 24.0 Å². The summed E-state index contributed by atoms with van der Waals surface area (Å²) < 4.78 is 28.1. The first kappa shape index (κ1) is 20.9. The molecule has 0 aliphatic heterocycles. The third-order valence-corrected chi connectivity index (χ3v) is 4.38. The maximum absolute atomic E-state index is 13.9. The second-order valence-electron chi connectivity index (χ2n) is 6.68. The molecule has 0 N–H and O–H groups in total. The molecule has 0 saturated heterocycles. The standard InChI is InChI=1S/C21H15F2N5.Pt/c1-21(2,17-10-6-9-15(25-17)14-7-4-3-5-8-14)20-24-13-28(27-20)16-11-12-18(22)26-19(16)23;/h3-7,9-10,12-13H,1-2H3;/q-2;+2. The van der Waals surface area contributed by atoms with Gasteiger partial charge in [0.25, 0.3) is 0 Å². The van der Waals surface area contributed by atoms with E-state index in [4.69, 9.17) is 4.98 Å². The third-order valence-electron chi connectivity index (χ3n) is 4.38. The van der Waals surface area contributed by atoms with Crippen LogP contribution in [-0.4, -0.2) is 24.7 Å². The van der Waals surface area contributed by atoms with Crippen LogP contribution in [0.5, 0.6) is 0 Å². The average molecular weight is 570 g/mol. The van der Waals surface area contributed by atoms with Crippen molar-refractivity contribution in [3.63, 3.8) is 0 Å². The predicted octanol–water partition coefficient (Wildman–Crippen LogP) is 3.93. The van der Waals surface area contributed by atoms with E-state index in [0.717, 1.165) is 23.0 Å². The van der Waals surface area contributed by atoms with Crippen LogP contribution in [0.15, 0.2) is 54.9 Å². The second kappa shape index (κ2) is 8.29. The Kier molecular flexibility index (Phi) is 5.98. The number of nitrogens with zero attached hydrogens (tertiary/aromatic N) is 5. The Labute approximate surface area is 181 Å². The minimum Gasteiger partial charge on any atom is -0.322 e. The quantitative estimate of drug-likeness (QED) is 0.276. The molecule has 3 aromatic heterocycles. The molecule has 29 heavy (non-hydrogen) atoms. The van der Waals surface area contributed by atoms with Crippen molar-refractivity contribution < 1.29 is 29.8 Å². The molecule has 8 heteroatoms. The maximum atomic E-state index is 13.9. The smallest absolute Gasteiger partial charge is 0.322 e. The Morgan fingerprint density at radius 3 is 2.55 bits per heavy atom. The van der Waals surface area contributed by atoms with Crippen molar-refractivity contribution in [2.24, 2.45) is 0 Å². The van der Waals surface area contributed by atoms with Gasteiger partial charge in [-0.3, -0.25) is 8.78 Å². The van der Waals surface area contributed by atoms with Crippen LogP contribution in [0.2, 0.25) is 0 Å². The van der Waals surface area contributed by atoms with E-state index in [1.54, 1.807) is 0 Å². The van der Waals surface area contributed by atoms with Crippen LogP contribution in [0.1, 0.15) is 25.4 Å². The van der Waals surface area contributed by atoms with Gasteiger partial charge < -0.3 is 9.97 Å². The first-order valence-corrected chi connectivity index (χ1v) is 8.56. The molecule has 0 aliphatic rings. The molecule has 0 radical (unpaired) electrons. The van der Waals surface area contributed by atoms with Crippen LogP contribution in [-0.2, 0) is 26.5 Å². The summed E-state index contributed by atoms with van der Waals surface area (Å²) in [5.41, 5.74) is 1.67. The maximum Gasteiger partial charge on any atom is 2.00 e. The van der Waals surface area contributed by atoms with Crippen LogP contribution in [0.25, 0.3) is 16.9 Å². The molecule has 3 heterocycles. The minimum atomic E-state index is -1.01. The van der Waals surface area contributed by atoms with E-state index in [1.807, 2.05) is 56.3 Å². The van der Waals surface area contributed by atoms with Crippen molar-refractivity contribution in [3.8, 4) is 16.9 Å². The average Bonchev–Trinajstić information content (AvgIpc) is 3.19. The van der Waals surface area contributed by atoms with Crippen molar-refractivity contribution in [3.05, 3.63) is 90.4 Å². The van der Waals surface area contributed by atoms with Crippen molar-refractivity contribution >= 4 is 0 Å². The van der Waals surface area contributed by atoms with E-state index in [-0.39, 0.29) is 26.8 Å². The van der Waals surface area contributed by atoms with E-state index in [2.05, 4.69) is 27.2 Å². The van der Waals surface area contributed by atoms with Crippen molar-refractivity contribution in [2.75, 3.05) is 0 Å². The number of aromatic nitrogens is 5. The summed E-state index contributed by atoms with van der Waals surface area (Å²) in [6.07, 6.45) is 1.35. The molecular formula is C21H15F2N5Pt. The molecule has 0 fully saturated rings. The van der Waals surface area contributed by atoms with Crippen LogP contribution in [0.4, 0.5) is 8.78 Å². The summed E-state index contributed by atoms with van der Waals surface area (Å²) in [6, 6.07) is 19.9. The van der Waals surface area contributed by atoms with Crippen molar-refractivity contribution in [1.82, 2.24) is 24.7 Å². The van der Waals surface area contributed by atoms with Gasteiger partial charge in [0, 0.05) is 11.4 Å². The summed E-state index contributed by atoms with van der Waals surface area (Å²) in [6.45, 7) is 3.85. The normalized spacial score (nSPS) is 11.2. The molecule has 1 aromatic carbocycles. The Balaban J connectivity index is 0.00000240. The Hall–Kier alpha value is -2.79. The SMILES string of the molecule is CC(C)(c1cccc(-c2[c-]cccc2)n1)c1ncn(-c2[c-]cc(F)nc2F)n1.[Pt+2]. The molecule has 0 spiro atoms. The van der Waals surface area contributed by atoms with Gasteiger partial charge in [-0.2, -0.15) is 5.10 Å². The topological polar surface area (TPSA) is 56.5 Å². The monoisotopic (exact) mass is 570 g/mol. The molecule has 4 rings (SSSR count). The molecule has 0 amide bonds. The number of hydrogen-bond donors (Lipinski definition) is 0. The predicted molar refractivity (Wildman–Crippen MR) is 98.5 cm³/mol. The molecule has 0 aliphatic carbocycles. The van der Waals surface area contributed by atoms with Gasteiger partial charge in [0.05, 0.1) is 11.4 Å². The Morgan fingerprint density at radius 1 is 1.00 bits per heavy atom. The third kappa shape index (κ3) is 4.15. The van der Waals surface area contributed by atoms with Gasteiger partial charge in [0.2, 0.25) is 0 Å². The minimum absolute atomic E-state index is 0. The summed E-state index contributed by atoms with van der Waals surface area (Å²) >= 11 is 0. The van der Waals surface area contributed by atoms with Crippen molar-refractivity contribution in [1.29, 1.82) is 0 Å². The van der Waals surface area contributed by atoms with Crippen molar-refractivity contribution in [2.45, 2.75) is 19.3 Å². The molecule has 148 valence electrons. The van der Waals surface area contributed by atoms with Gasteiger partial charge in [-0.05, 0) is 25.6 Å². The van der Waals surface area contributed by atoms with Gasteiger partial charge in [-0.15, -0.1) is 48.0 Å². The molecule has 0 unspecified atom stereocenters. The summed E-state index contributed by atoms with van der Waals surface area (Å²) in [5, 5.41) is 4.35. The molecule has 5 nitrogen and oxygen atoms in total. The van der Waals surface area contributed by atoms with Gasteiger partial charge >= 0.3 is 21.1 Å². The van der Waals surface area contributed by atoms with Gasteiger partial charge in [-0.25, -0.2) is 9.67 Å². The molecular weight excluding hydrogens is 555 g/mol. The number of pyridine rings is 2. The van der Waals surface area contributed by atoms with E-state index in [0.29, 0.717) is 5.82 Å². The zero-order valence-electron chi connectivity index (χ0n) is 15.5. The van der Waals surface area contributed by atoms with E-state index in [1.165, 1.54) is 11.0 Å². The second-order valence-corrected chi connectivity index (χ2v) is 6.68. The van der Waals surface area contributed by atoms with Crippen LogP contribution < -0.4 is 0 Å². The fraction of sp³-hybridized carbons (Fsp3) is 0.143. The first-order chi connectivity index (χ1) is 13.4. The van der Waals surface area contributed by atoms with Gasteiger partial charge in [0.1, 0.15) is 12.3 Å².